The molecule has 0 fully saturated rings. The number of hydrogen-bond donors (Lipinski definition) is 1. The minimum absolute atomic E-state index is 0.0411. The summed E-state index contributed by atoms with van der Waals surface area (Å²) in [6, 6.07) is 13.2. The van der Waals surface area contributed by atoms with Gasteiger partial charge in [-0.15, -0.1) is 0 Å². The molecule has 0 atom stereocenters. The second kappa shape index (κ2) is 9.62. The maximum atomic E-state index is 12.6. The molecule has 0 aliphatic carbocycles. The fraction of sp³-hybridized carbons (Fsp3) is 0.333. The molecular weight excluding hydrogens is 344 g/mol. The number of amides is 2. The van der Waals surface area contributed by atoms with Crippen molar-refractivity contribution < 1.29 is 19.1 Å². The van der Waals surface area contributed by atoms with Crippen molar-refractivity contribution in [2.24, 2.45) is 0 Å². The Labute approximate surface area is 160 Å². The lowest BCUT2D eigenvalue weighted by Gasteiger charge is -2.22. The number of nitrogens with zero attached hydrogens (tertiary/aromatic N) is 1. The maximum absolute atomic E-state index is 12.6. The van der Waals surface area contributed by atoms with Crippen LogP contribution in [0.15, 0.2) is 42.5 Å². The zero-order chi connectivity index (χ0) is 19.8. The molecule has 0 aliphatic rings. The van der Waals surface area contributed by atoms with Crippen molar-refractivity contribution in [3.05, 3.63) is 59.2 Å². The number of rotatable bonds is 8. The third-order valence-electron chi connectivity index (χ3n) is 4.22. The number of carbonyl (C=O) groups excluding carboxylic acids is 2. The van der Waals surface area contributed by atoms with Crippen LogP contribution in [0.1, 0.15) is 28.4 Å². The summed E-state index contributed by atoms with van der Waals surface area (Å²) in [5.41, 5.74) is 2.55. The summed E-state index contributed by atoms with van der Waals surface area (Å²) in [5.74, 6) is 0.536. The number of methoxy groups -OCH3 is 2. The van der Waals surface area contributed by atoms with Gasteiger partial charge in [0, 0.05) is 26.6 Å². The summed E-state index contributed by atoms with van der Waals surface area (Å²) < 4.78 is 10.5. The van der Waals surface area contributed by atoms with E-state index in [1.54, 1.807) is 23.1 Å². The van der Waals surface area contributed by atoms with Gasteiger partial charge in [-0.1, -0.05) is 35.9 Å². The monoisotopic (exact) mass is 370 g/mol. The zero-order valence-electron chi connectivity index (χ0n) is 16.2. The van der Waals surface area contributed by atoms with Gasteiger partial charge in [-0.25, -0.2) is 0 Å². The highest BCUT2D eigenvalue weighted by Crippen LogP contribution is 2.27. The molecule has 0 saturated heterocycles. The van der Waals surface area contributed by atoms with Crippen molar-refractivity contribution in [2.45, 2.75) is 20.4 Å². The van der Waals surface area contributed by atoms with Gasteiger partial charge in [-0.2, -0.15) is 0 Å². The van der Waals surface area contributed by atoms with Gasteiger partial charge in [-0.3, -0.25) is 9.59 Å². The van der Waals surface area contributed by atoms with Crippen molar-refractivity contribution in [1.29, 1.82) is 0 Å². The summed E-state index contributed by atoms with van der Waals surface area (Å²) in [6.07, 6.45) is 0. The Morgan fingerprint density at radius 2 is 1.67 bits per heavy atom. The van der Waals surface area contributed by atoms with Crippen molar-refractivity contribution in [2.75, 3.05) is 27.3 Å². The lowest BCUT2D eigenvalue weighted by molar-refractivity contribution is -0.129. The summed E-state index contributed by atoms with van der Waals surface area (Å²) in [5, 5.41) is 2.84. The van der Waals surface area contributed by atoms with Gasteiger partial charge in [0.2, 0.25) is 5.91 Å². The molecule has 6 heteroatoms. The highest BCUT2D eigenvalue weighted by atomic mass is 16.5. The molecule has 0 aromatic heterocycles. The highest BCUT2D eigenvalue weighted by Gasteiger charge is 2.18. The molecule has 2 amide bonds. The molecule has 2 rings (SSSR count). The standard InChI is InChI=1S/C21H26N2O4/c1-15-7-5-8-17(13-15)14-23(16(2)24)12-11-22-21(25)20-18(26-3)9-6-10-19(20)27-4/h5-10,13H,11-12,14H2,1-4H3,(H,22,25). The largest absolute Gasteiger partial charge is 0.496 e. The lowest BCUT2D eigenvalue weighted by atomic mass is 10.1. The predicted molar refractivity (Wildman–Crippen MR) is 104 cm³/mol. The summed E-state index contributed by atoms with van der Waals surface area (Å²) in [7, 11) is 3.01. The van der Waals surface area contributed by atoms with Crippen LogP contribution in [0.4, 0.5) is 0 Å². The van der Waals surface area contributed by atoms with E-state index in [0.717, 1.165) is 11.1 Å². The van der Waals surface area contributed by atoms with Crippen LogP contribution < -0.4 is 14.8 Å². The Bertz CT molecular complexity index is 782. The van der Waals surface area contributed by atoms with Gasteiger partial charge < -0.3 is 19.7 Å². The van der Waals surface area contributed by atoms with E-state index in [2.05, 4.69) is 5.32 Å². The van der Waals surface area contributed by atoms with E-state index < -0.39 is 0 Å². The molecule has 1 N–H and O–H groups in total. The lowest BCUT2D eigenvalue weighted by Crippen LogP contribution is -2.37. The average Bonchev–Trinajstić information content (AvgIpc) is 2.66. The Kier molecular flexibility index (Phi) is 7.23. The molecule has 2 aromatic rings. The SMILES string of the molecule is COc1cccc(OC)c1C(=O)NCCN(Cc1cccc(C)c1)C(C)=O. The van der Waals surface area contributed by atoms with E-state index in [1.807, 2.05) is 31.2 Å². The van der Waals surface area contributed by atoms with Crippen LogP contribution in [-0.4, -0.2) is 44.0 Å². The molecule has 0 unspecified atom stereocenters. The molecular formula is C21H26N2O4. The Morgan fingerprint density at radius 1 is 1.04 bits per heavy atom. The Hall–Kier alpha value is -3.02. The third-order valence-corrected chi connectivity index (χ3v) is 4.22. The summed E-state index contributed by atoms with van der Waals surface area (Å²) in [6.45, 7) is 4.78. The van der Waals surface area contributed by atoms with Crippen LogP contribution in [0.25, 0.3) is 0 Å². The van der Waals surface area contributed by atoms with Crippen LogP contribution in [0.5, 0.6) is 11.5 Å². The number of nitrogens with one attached hydrogen (secondary N) is 1. The van der Waals surface area contributed by atoms with Crippen molar-refractivity contribution in [3.8, 4) is 11.5 Å². The quantitative estimate of drug-likeness (QED) is 0.776. The molecule has 27 heavy (non-hydrogen) atoms. The van der Waals surface area contributed by atoms with Crippen LogP contribution in [-0.2, 0) is 11.3 Å². The second-order valence-electron chi connectivity index (χ2n) is 6.22. The molecule has 0 spiro atoms. The van der Waals surface area contributed by atoms with E-state index in [-0.39, 0.29) is 11.8 Å². The Morgan fingerprint density at radius 3 is 2.22 bits per heavy atom. The van der Waals surface area contributed by atoms with E-state index in [0.29, 0.717) is 36.7 Å². The van der Waals surface area contributed by atoms with Crippen molar-refractivity contribution in [1.82, 2.24) is 10.2 Å². The van der Waals surface area contributed by atoms with Gasteiger partial charge in [0.25, 0.3) is 5.91 Å². The molecule has 144 valence electrons. The molecule has 0 aliphatic heterocycles. The maximum Gasteiger partial charge on any atom is 0.258 e. The number of benzene rings is 2. The van der Waals surface area contributed by atoms with Crippen LogP contribution in [0.2, 0.25) is 0 Å². The fourth-order valence-electron chi connectivity index (χ4n) is 2.85. The fourth-order valence-corrected chi connectivity index (χ4v) is 2.85. The topological polar surface area (TPSA) is 67.9 Å². The number of aryl methyl sites for hydroxylation is 1. The normalized spacial score (nSPS) is 10.2. The molecule has 2 aromatic carbocycles. The van der Waals surface area contributed by atoms with Gasteiger partial charge in [0.15, 0.2) is 0 Å². The summed E-state index contributed by atoms with van der Waals surface area (Å²) >= 11 is 0. The third kappa shape index (κ3) is 5.48. The minimum Gasteiger partial charge on any atom is -0.496 e. The van der Waals surface area contributed by atoms with Crippen LogP contribution in [0, 0.1) is 6.92 Å². The second-order valence-corrected chi connectivity index (χ2v) is 6.22. The number of hydrogen-bond acceptors (Lipinski definition) is 4. The van der Waals surface area contributed by atoms with E-state index in [9.17, 15) is 9.59 Å². The number of carbonyl (C=O) groups is 2. The summed E-state index contributed by atoms with van der Waals surface area (Å²) in [4.78, 5) is 26.2. The first-order valence-corrected chi connectivity index (χ1v) is 8.76. The number of ether oxygens (including phenoxy) is 2. The molecule has 0 saturated carbocycles. The van der Waals surface area contributed by atoms with Gasteiger partial charge in [-0.05, 0) is 24.6 Å². The van der Waals surface area contributed by atoms with Gasteiger partial charge in [0.1, 0.15) is 17.1 Å². The molecule has 0 heterocycles. The first kappa shape index (κ1) is 20.3. The van der Waals surface area contributed by atoms with E-state index in [4.69, 9.17) is 9.47 Å². The molecule has 0 bridgehead atoms. The van der Waals surface area contributed by atoms with Crippen LogP contribution >= 0.6 is 0 Å². The zero-order valence-corrected chi connectivity index (χ0v) is 16.2. The highest BCUT2D eigenvalue weighted by molar-refractivity contribution is 5.99. The molecule has 0 radical (unpaired) electrons. The van der Waals surface area contributed by atoms with E-state index >= 15 is 0 Å². The van der Waals surface area contributed by atoms with Crippen molar-refractivity contribution >= 4 is 11.8 Å². The Balaban J connectivity index is 2.01. The predicted octanol–water partition coefficient (Wildman–Crippen LogP) is 2.79. The average molecular weight is 370 g/mol. The van der Waals surface area contributed by atoms with E-state index in [1.165, 1.54) is 21.1 Å². The van der Waals surface area contributed by atoms with Gasteiger partial charge in [0.05, 0.1) is 14.2 Å². The molecule has 6 nitrogen and oxygen atoms in total. The van der Waals surface area contributed by atoms with Crippen LogP contribution in [0.3, 0.4) is 0 Å². The van der Waals surface area contributed by atoms with Gasteiger partial charge >= 0.3 is 0 Å². The first-order valence-electron chi connectivity index (χ1n) is 8.76. The van der Waals surface area contributed by atoms with Crippen molar-refractivity contribution in [3.63, 3.8) is 0 Å². The first-order chi connectivity index (χ1) is 13.0. The smallest absolute Gasteiger partial charge is 0.258 e. The minimum atomic E-state index is -0.302.